The van der Waals surface area contributed by atoms with Gasteiger partial charge in [0.05, 0.1) is 18.8 Å². The van der Waals surface area contributed by atoms with E-state index in [9.17, 15) is 9.90 Å². The SMILES string of the molecule is CSc1ccc(C2c3c(-c4cc(Cl)c(C)cc4O)n[nH]c3C(=O)N2Cc2ccco2)cc1. The first-order valence-electron chi connectivity index (χ1n) is 10.0. The van der Waals surface area contributed by atoms with E-state index in [0.717, 1.165) is 16.0 Å². The van der Waals surface area contributed by atoms with E-state index in [4.69, 9.17) is 16.0 Å². The number of carbonyl (C=O) groups excluding carboxylic acids is 1. The highest BCUT2D eigenvalue weighted by Crippen LogP contribution is 2.46. The standard InChI is InChI=1S/C24H20ClN3O3S/c1-13-10-19(29)17(11-18(13)25)21-20-22(27-26-21)24(30)28(12-15-4-3-9-31-15)23(20)14-5-7-16(32-2)8-6-14/h3-11,23,29H,12H2,1-2H3,(H,26,27). The van der Waals surface area contributed by atoms with E-state index < -0.39 is 6.04 Å². The minimum absolute atomic E-state index is 0.0645. The molecular formula is C24H20ClN3O3S. The molecule has 32 heavy (non-hydrogen) atoms. The number of phenolic OH excluding ortho intramolecular Hbond substituents is 1. The van der Waals surface area contributed by atoms with Crippen molar-refractivity contribution in [2.24, 2.45) is 0 Å². The van der Waals surface area contributed by atoms with Gasteiger partial charge in [-0.2, -0.15) is 5.10 Å². The molecule has 0 spiro atoms. The molecule has 2 aromatic heterocycles. The molecule has 2 aromatic carbocycles. The number of carbonyl (C=O) groups is 1. The first-order valence-corrected chi connectivity index (χ1v) is 11.6. The molecule has 6 nitrogen and oxygen atoms in total. The number of hydrogen-bond acceptors (Lipinski definition) is 5. The van der Waals surface area contributed by atoms with E-state index in [2.05, 4.69) is 10.2 Å². The highest BCUT2D eigenvalue weighted by atomic mass is 35.5. The molecular weight excluding hydrogens is 446 g/mol. The molecule has 0 bridgehead atoms. The van der Waals surface area contributed by atoms with Crippen molar-refractivity contribution in [1.29, 1.82) is 0 Å². The number of benzene rings is 2. The van der Waals surface area contributed by atoms with Gasteiger partial charge in [-0.1, -0.05) is 23.7 Å². The Labute approximate surface area is 194 Å². The van der Waals surface area contributed by atoms with Gasteiger partial charge in [0.25, 0.3) is 5.91 Å². The zero-order valence-electron chi connectivity index (χ0n) is 17.4. The van der Waals surface area contributed by atoms with E-state index in [1.54, 1.807) is 41.1 Å². The van der Waals surface area contributed by atoms with Crippen LogP contribution in [0.15, 0.2) is 64.1 Å². The van der Waals surface area contributed by atoms with Gasteiger partial charge in [0.1, 0.15) is 22.9 Å². The summed E-state index contributed by atoms with van der Waals surface area (Å²) in [5.74, 6) is 0.575. The molecule has 5 rings (SSSR count). The molecule has 4 aromatic rings. The maximum Gasteiger partial charge on any atom is 0.273 e. The van der Waals surface area contributed by atoms with Crippen LogP contribution in [0.4, 0.5) is 0 Å². The Kier molecular flexibility index (Phi) is 5.23. The number of hydrogen-bond donors (Lipinski definition) is 2. The third kappa shape index (κ3) is 3.38. The Bertz CT molecular complexity index is 1300. The molecule has 162 valence electrons. The van der Waals surface area contributed by atoms with Crippen LogP contribution in [-0.4, -0.2) is 32.4 Å². The number of phenols is 1. The van der Waals surface area contributed by atoms with Crippen molar-refractivity contribution in [2.45, 2.75) is 24.4 Å². The number of furan rings is 1. The van der Waals surface area contributed by atoms with Crippen LogP contribution in [-0.2, 0) is 6.54 Å². The van der Waals surface area contributed by atoms with Gasteiger partial charge >= 0.3 is 0 Å². The van der Waals surface area contributed by atoms with Crippen LogP contribution >= 0.6 is 23.4 Å². The fourth-order valence-electron chi connectivity index (χ4n) is 4.12. The van der Waals surface area contributed by atoms with Gasteiger partial charge in [-0.15, -0.1) is 11.8 Å². The number of thioether (sulfide) groups is 1. The summed E-state index contributed by atoms with van der Waals surface area (Å²) < 4.78 is 5.52. The summed E-state index contributed by atoms with van der Waals surface area (Å²) in [4.78, 5) is 16.3. The average Bonchev–Trinajstić information content (AvgIpc) is 3.51. The molecule has 2 N–H and O–H groups in total. The van der Waals surface area contributed by atoms with Crippen molar-refractivity contribution in [3.05, 3.63) is 88.0 Å². The number of rotatable bonds is 5. The molecule has 1 aliphatic heterocycles. The Hall–Kier alpha value is -3.16. The predicted molar refractivity (Wildman–Crippen MR) is 124 cm³/mol. The van der Waals surface area contributed by atoms with Crippen LogP contribution in [0.1, 0.15) is 39.0 Å². The summed E-state index contributed by atoms with van der Waals surface area (Å²) in [5, 5.41) is 18.5. The first-order chi connectivity index (χ1) is 15.5. The number of aromatic nitrogens is 2. The van der Waals surface area contributed by atoms with Crippen LogP contribution in [0, 0.1) is 6.92 Å². The third-order valence-electron chi connectivity index (χ3n) is 5.73. The van der Waals surface area contributed by atoms with Crippen molar-refractivity contribution in [3.8, 4) is 17.0 Å². The minimum Gasteiger partial charge on any atom is -0.507 e. The lowest BCUT2D eigenvalue weighted by atomic mass is 9.95. The molecule has 0 saturated carbocycles. The van der Waals surface area contributed by atoms with Crippen LogP contribution in [0.2, 0.25) is 5.02 Å². The maximum absolute atomic E-state index is 13.4. The number of halogens is 1. The van der Waals surface area contributed by atoms with Crippen LogP contribution < -0.4 is 0 Å². The molecule has 0 aliphatic carbocycles. The van der Waals surface area contributed by atoms with E-state index in [-0.39, 0.29) is 11.7 Å². The zero-order chi connectivity index (χ0) is 22.4. The summed E-state index contributed by atoms with van der Waals surface area (Å²) >= 11 is 8.01. The molecule has 8 heteroatoms. The van der Waals surface area contributed by atoms with Crippen LogP contribution in [0.25, 0.3) is 11.3 Å². The second-order valence-electron chi connectivity index (χ2n) is 7.67. The number of amides is 1. The summed E-state index contributed by atoms with van der Waals surface area (Å²) in [6, 6.07) is 14.7. The molecule has 3 heterocycles. The van der Waals surface area contributed by atoms with E-state index in [1.165, 1.54) is 0 Å². The van der Waals surface area contributed by atoms with Crippen molar-refractivity contribution >= 4 is 29.3 Å². The molecule has 1 aliphatic rings. The summed E-state index contributed by atoms with van der Waals surface area (Å²) in [6.45, 7) is 2.13. The zero-order valence-corrected chi connectivity index (χ0v) is 19.0. The lowest BCUT2D eigenvalue weighted by Crippen LogP contribution is -2.28. The van der Waals surface area contributed by atoms with Crippen molar-refractivity contribution in [1.82, 2.24) is 15.1 Å². The van der Waals surface area contributed by atoms with E-state index >= 15 is 0 Å². The number of aromatic amines is 1. The Morgan fingerprint density at radius 2 is 2.03 bits per heavy atom. The molecule has 0 saturated heterocycles. The molecule has 0 radical (unpaired) electrons. The highest BCUT2D eigenvalue weighted by Gasteiger charge is 2.42. The molecule has 0 fully saturated rings. The molecule has 1 unspecified atom stereocenters. The number of aromatic hydroxyl groups is 1. The summed E-state index contributed by atoms with van der Waals surface area (Å²) in [5.41, 5.74) is 3.82. The second kappa shape index (κ2) is 8.07. The third-order valence-corrected chi connectivity index (χ3v) is 6.88. The normalized spacial score (nSPS) is 15.4. The van der Waals surface area contributed by atoms with Gasteiger partial charge in [0.2, 0.25) is 0 Å². The highest BCUT2D eigenvalue weighted by molar-refractivity contribution is 7.98. The fraction of sp³-hybridized carbons (Fsp3) is 0.167. The van der Waals surface area contributed by atoms with Gasteiger partial charge in [-0.05, 0) is 60.7 Å². The largest absolute Gasteiger partial charge is 0.507 e. The van der Waals surface area contributed by atoms with Gasteiger partial charge in [0, 0.05) is 21.0 Å². The Morgan fingerprint density at radius 3 is 2.72 bits per heavy atom. The number of H-pyrrole nitrogens is 1. The first kappa shape index (κ1) is 20.7. The number of nitrogens with one attached hydrogen (secondary N) is 1. The van der Waals surface area contributed by atoms with Gasteiger partial charge in [-0.25, -0.2) is 0 Å². The fourth-order valence-corrected chi connectivity index (χ4v) is 4.70. The smallest absolute Gasteiger partial charge is 0.273 e. The minimum atomic E-state index is -0.397. The van der Waals surface area contributed by atoms with Crippen LogP contribution in [0.5, 0.6) is 5.75 Å². The number of aryl methyl sites for hydroxylation is 1. The predicted octanol–water partition coefficient (Wildman–Crippen LogP) is 5.80. The lowest BCUT2D eigenvalue weighted by molar-refractivity contribution is 0.0717. The average molecular weight is 466 g/mol. The molecule has 1 amide bonds. The topological polar surface area (TPSA) is 82.4 Å². The quantitative estimate of drug-likeness (QED) is 0.364. The van der Waals surface area contributed by atoms with Crippen molar-refractivity contribution < 1.29 is 14.3 Å². The van der Waals surface area contributed by atoms with Gasteiger partial charge < -0.3 is 14.4 Å². The van der Waals surface area contributed by atoms with Crippen molar-refractivity contribution in [3.63, 3.8) is 0 Å². The Morgan fingerprint density at radius 1 is 1.25 bits per heavy atom. The number of fused-ring (bicyclic) bond motifs is 1. The van der Waals surface area contributed by atoms with E-state index in [0.29, 0.717) is 39.8 Å². The second-order valence-corrected chi connectivity index (χ2v) is 8.95. The monoisotopic (exact) mass is 465 g/mol. The van der Waals surface area contributed by atoms with Gasteiger partial charge in [0.15, 0.2) is 0 Å². The summed E-state index contributed by atoms with van der Waals surface area (Å²) in [7, 11) is 0. The van der Waals surface area contributed by atoms with Crippen LogP contribution in [0.3, 0.4) is 0 Å². The number of nitrogens with zero attached hydrogens (tertiary/aromatic N) is 2. The Balaban J connectivity index is 1.68. The molecule has 1 atom stereocenters. The maximum atomic E-state index is 13.4. The van der Waals surface area contributed by atoms with E-state index in [1.807, 2.05) is 43.5 Å². The van der Waals surface area contributed by atoms with Gasteiger partial charge in [-0.3, -0.25) is 9.89 Å². The summed E-state index contributed by atoms with van der Waals surface area (Å²) in [6.07, 6.45) is 3.62. The van der Waals surface area contributed by atoms with Crippen molar-refractivity contribution in [2.75, 3.05) is 6.26 Å². The lowest BCUT2D eigenvalue weighted by Gasteiger charge is -2.26.